The molecule has 3 nitrogen and oxygen atoms in total. The molecule has 0 atom stereocenters. The van der Waals surface area contributed by atoms with Crippen molar-refractivity contribution in [1.29, 1.82) is 5.26 Å². The monoisotopic (exact) mass is 282 g/mol. The van der Waals surface area contributed by atoms with Crippen molar-refractivity contribution in [3.63, 3.8) is 0 Å². The lowest BCUT2D eigenvalue weighted by molar-refractivity contribution is -0.111. The molecule has 0 fully saturated rings. The number of nitriles is 1. The first-order chi connectivity index (χ1) is 9.61. The molecule has 0 aliphatic heterocycles. The number of hydrogen-bond acceptors (Lipinski definition) is 3. The highest BCUT2D eigenvalue weighted by Gasteiger charge is 2.13. The van der Waals surface area contributed by atoms with Crippen molar-refractivity contribution in [2.24, 2.45) is 0 Å². The van der Waals surface area contributed by atoms with Crippen molar-refractivity contribution in [3.05, 3.63) is 58.0 Å². The van der Waals surface area contributed by atoms with Crippen molar-refractivity contribution in [3.8, 4) is 6.07 Å². The number of rotatable bonds is 3. The topological polar surface area (TPSA) is 52.9 Å². The van der Waals surface area contributed by atoms with E-state index in [1.165, 1.54) is 17.4 Å². The van der Waals surface area contributed by atoms with Crippen LogP contribution in [0.25, 0.3) is 6.08 Å². The predicted octanol–water partition coefficient (Wildman–Crippen LogP) is 3.89. The predicted molar refractivity (Wildman–Crippen MR) is 82.6 cm³/mol. The number of carbonyl (C=O) groups excluding carboxylic acids is 1. The molecule has 0 aliphatic carbocycles. The SMILES string of the molecule is Cc1sc(NC(=O)/C=C/c2ccccc2)c(C#N)c1C. The van der Waals surface area contributed by atoms with E-state index >= 15 is 0 Å². The molecule has 2 rings (SSSR count). The standard InChI is InChI=1S/C16H14N2OS/c1-11-12(2)20-16(14(11)10-17)18-15(19)9-8-13-6-4-3-5-7-13/h3-9H,1-2H3,(H,18,19)/b9-8+. The van der Waals surface area contributed by atoms with Crippen LogP contribution in [0, 0.1) is 25.2 Å². The third kappa shape index (κ3) is 3.14. The summed E-state index contributed by atoms with van der Waals surface area (Å²) in [6, 6.07) is 11.7. The van der Waals surface area contributed by atoms with Gasteiger partial charge in [-0.05, 0) is 31.1 Å². The number of benzene rings is 1. The van der Waals surface area contributed by atoms with Gasteiger partial charge >= 0.3 is 0 Å². The molecule has 1 N–H and O–H groups in total. The average molecular weight is 282 g/mol. The smallest absolute Gasteiger partial charge is 0.249 e. The maximum Gasteiger partial charge on any atom is 0.249 e. The summed E-state index contributed by atoms with van der Waals surface area (Å²) in [5.74, 6) is -0.230. The van der Waals surface area contributed by atoms with Crippen LogP contribution in [0.15, 0.2) is 36.4 Å². The lowest BCUT2D eigenvalue weighted by Crippen LogP contribution is -2.07. The van der Waals surface area contributed by atoms with Crippen molar-refractivity contribution in [1.82, 2.24) is 0 Å². The fraction of sp³-hybridized carbons (Fsp3) is 0.125. The molecule has 0 aliphatic rings. The number of anilines is 1. The summed E-state index contributed by atoms with van der Waals surface area (Å²) < 4.78 is 0. The molecular weight excluding hydrogens is 268 g/mol. The summed E-state index contributed by atoms with van der Waals surface area (Å²) in [6.07, 6.45) is 3.22. The second kappa shape index (κ2) is 6.18. The van der Waals surface area contributed by atoms with Crippen LogP contribution < -0.4 is 5.32 Å². The van der Waals surface area contributed by atoms with Crippen LogP contribution in [-0.2, 0) is 4.79 Å². The minimum absolute atomic E-state index is 0.230. The third-order valence-corrected chi connectivity index (χ3v) is 4.08. The van der Waals surface area contributed by atoms with Gasteiger partial charge in [0.15, 0.2) is 0 Å². The summed E-state index contributed by atoms with van der Waals surface area (Å²) >= 11 is 1.43. The van der Waals surface area contributed by atoms with Crippen LogP contribution >= 0.6 is 11.3 Å². The van der Waals surface area contributed by atoms with Crippen molar-refractivity contribution < 1.29 is 4.79 Å². The van der Waals surface area contributed by atoms with E-state index in [2.05, 4.69) is 11.4 Å². The highest BCUT2D eigenvalue weighted by molar-refractivity contribution is 7.16. The zero-order chi connectivity index (χ0) is 14.5. The zero-order valence-corrected chi connectivity index (χ0v) is 12.1. The normalized spacial score (nSPS) is 10.4. The van der Waals surface area contributed by atoms with E-state index in [4.69, 9.17) is 5.26 Å². The van der Waals surface area contributed by atoms with E-state index in [-0.39, 0.29) is 5.91 Å². The van der Waals surface area contributed by atoms with Crippen LogP contribution in [0.1, 0.15) is 21.6 Å². The Labute approximate surface area is 122 Å². The van der Waals surface area contributed by atoms with Gasteiger partial charge in [-0.1, -0.05) is 30.3 Å². The summed E-state index contributed by atoms with van der Waals surface area (Å²) in [7, 11) is 0. The van der Waals surface area contributed by atoms with Crippen LogP contribution in [0.3, 0.4) is 0 Å². The summed E-state index contributed by atoms with van der Waals surface area (Å²) in [5, 5.41) is 12.5. The molecule has 0 spiro atoms. The van der Waals surface area contributed by atoms with Crippen molar-refractivity contribution >= 4 is 28.3 Å². The van der Waals surface area contributed by atoms with E-state index in [0.29, 0.717) is 10.6 Å². The molecule has 2 aromatic rings. The largest absolute Gasteiger partial charge is 0.313 e. The Morgan fingerprint density at radius 2 is 2.00 bits per heavy atom. The first kappa shape index (κ1) is 14.0. The molecule has 1 heterocycles. The Balaban J connectivity index is 2.11. The lowest BCUT2D eigenvalue weighted by atomic mass is 10.2. The lowest BCUT2D eigenvalue weighted by Gasteiger charge is -1.99. The molecule has 1 amide bonds. The minimum atomic E-state index is -0.230. The van der Waals surface area contributed by atoms with Gasteiger partial charge in [0.25, 0.3) is 0 Å². The van der Waals surface area contributed by atoms with E-state index in [0.717, 1.165) is 16.0 Å². The van der Waals surface area contributed by atoms with Gasteiger partial charge in [0.2, 0.25) is 5.91 Å². The zero-order valence-electron chi connectivity index (χ0n) is 11.3. The molecule has 0 unspecified atom stereocenters. The number of aryl methyl sites for hydroxylation is 1. The molecule has 4 heteroatoms. The van der Waals surface area contributed by atoms with Gasteiger partial charge in [0.05, 0.1) is 5.56 Å². The highest BCUT2D eigenvalue weighted by Crippen LogP contribution is 2.31. The molecular formula is C16H14N2OS. The van der Waals surface area contributed by atoms with Gasteiger partial charge in [-0.15, -0.1) is 11.3 Å². The molecule has 1 aromatic heterocycles. The molecule has 0 radical (unpaired) electrons. The minimum Gasteiger partial charge on any atom is -0.313 e. The number of nitrogens with one attached hydrogen (secondary N) is 1. The van der Waals surface area contributed by atoms with Crippen molar-refractivity contribution in [2.45, 2.75) is 13.8 Å². The van der Waals surface area contributed by atoms with Crippen LogP contribution in [0.5, 0.6) is 0 Å². The molecule has 0 bridgehead atoms. The van der Waals surface area contributed by atoms with E-state index < -0.39 is 0 Å². The van der Waals surface area contributed by atoms with Crippen LogP contribution in [0.4, 0.5) is 5.00 Å². The maximum atomic E-state index is 11.9. The third-order valence-electron chi connectivity index (χ3n) is 2.96. The maximum absolute atomic E-state index is 11.9. The van der Waals surface area contributed by atoms with Gasteiger partial charge in [0, 0.05) is 11.0 Å². The molecule has 0 saturated carbocycles. The first-order valence-corrected chi connectivity index (χ1v) is 6.97. The first-order valence-electron chi connectivity index (χ1n) is 6.16. The summed E-state index contributed by atoms with van der Waals surface area (Å²) in [4.78, 5) is 12.9. The highest BCUT2D eigenvalue weighted by atomic mass is 32.1. The number of carbonyl (C=O) groups is 1. The Kier molecular flexibility index (Phi) is 4.34. The Morgan fingerprint density at radius 3 is 2.65 bits per heavy atom. The van der Waals surface area contributed by atoms with Gasteiger partial charge in [0.1, 0.15) is 11.1 Å². The van der Waals surface area contributed by atoms with E-state index in [9.17, 15) is 4.79 Å². The molecule has 1 aromatic carbocycles. The number of hydrogen-bond donors (Lipinski definition) is 1. The number of nitrogens with zero attached hydrogens (tertiary/aromatic N) is 1. The molecule has 0 saturated heterocycles. The van der Waals surface area contributed by atoms with E-state index in [1.807, 2.05) is 44.2 Å². The summed E-state index contributed by atoms with van der Waals surface area (Å²) in [6.45, 7) is 3.83. The van der Waals surface area contributed by atoms with Gasteiger partial charge in [-0.3, -0.25) is 4.79 Å². The van der Waals surface area contributed by atoms with Crippen LogP contribution in [0.2, 0.25) is 0 Å². The van der Waals surface area contributed by atoms with Crippen LogP contribution in [-0.4, -0.2) is 5.91 Å². The fourth-order valence-electron chi connectivity index (χ4n) is 1.74. The second-order valence-corrected chi connectivity index (χ2v) is 5.56. The average Bonchev–Trinajstić information content (AvgIpc) is 2.72. The quantitative estimate of drug-likeness (QED) is 0.868. The number of amides is 1. The van der Waals surface area contributed by atoms with Gasteiger partial charge in [-0.2, -0.15) is 5.26 Å². The fourth-order valence-corrected chi connectivity index (χ4v) is 2.75. The van der Waals surface area contributed by atoms with Gasteiger partial charge in [-0.25, -0.2) is 0 Å². The Bertz CT molecular complexity index is 693. The Morgan fingerprint density at radius 1 is 1.30 bits per heavy atom. The molecule has 100 valence electrons. The van der Waals surface area contributed by atoms with Crippen molar-refractivity contribution in [2.75, 3.05) is 5.32 Å². The number of thiophene rings is 1. The van der Waals surface area contributed by atoms with E-state index in [1.54, 1.807) is 6.08 Å². The van der Waals surface area contributed by atoms with Gasteiger partial charge < -0.3 is 5.32 Å². The summed E-state index contributed by atoms with van der Waals surface area (Å²) in [5.41, 5.74) is 2.44. The second-order valence-electron chi connectivity index (χ2n) is 4.33. The molecule has 20 heavy (non-hydrogen) atoms. The Hall–Kier alpha value is -2.38.